The van der Waals surface area contributed by atoms with Gasteiger partial charge in [0, 0.05) is 22.4 Å². The minimum absolute atomic E-state index is 0.0509. The van der Waals surface area contributed by atoms with Crippen molar-refractivity contribution in [2.24, 2.45) is 5.41 Å². The fraction of sp³-hybridized carbons (Fsp3) is 0.263. The SMILES string of the molecule is CC(C)(C)C(=O)Nc1ccc(C(=O)Nc2cccc(C(F)(F)F)c2)cc1. The minimum atomic E-state index is -4.48. The Balaban J connectivity index is 2.08. The average Bonchev–Trinajstić information content (AvgIpc) is 2.54. The lowest BCUT2D eigenvalue weighted by molar-refractivity contribution is -0.137. The van der Waals surface area contributed by atoms with Crippen LogP contribution >= 0.6 is 0 Å². The van der Waals surface area contributed by atoms with Crippen molar-refractivity contribution in [2.75, 3.05) is 10.6 Å². The van der Waals surface area contributed by atoms with Crippen molar-refractivity contribution in [1.82, 2.24) is 0 Å². The predicted molar refractivity (Wildman–Crippen MR) is 93.9 cm³/mol. The van der Waals surface area contributed by atoms with E-state index in [-0.39, 0.29) is 17.2 Å². The third-order valence-corrected chi connectivity index (χ3v) is 3.53. The zero-order valence-electron chi connectivity index (χ0n) is 14.6. The Bertz CT molecular complexity index is 807. The molecule has 0 spiro atoms. The monoisotopic (exact) mass is 364 g/mol. The molecular weight excluding hydrogens is 345 g/mol. The molecule has 0 saturated heterocycles. The Labute approximate surface area is 149 Å². The van der Waals surface area contributed by atoms with E-state index in [9.17, 15) is 22.8 Å². The second-order valence-electron chi connectivity index (χ2n) is 6.81. The van der Waals surface area contributed by atoms with Crippen LogP contribution in [-0.2, 0) is 11.0 Å². The second-order valence-corrected chi connectivity index (χ2v) is 6.81. The van der Waals surface area contributed by atoms with Crippen LogP contribution in [0.5, 0.6) is 0 Å². The van der Waals surface area contributed by atoms with Gasteiger partial charge in [0.1, 0.15) is 0 Å². The summed E-state index contributed by atoms with van der Waals surface area (Å²) in [4.78, 5) is 24.1. The lowest BCUT2D eigenvalue weighted by Crippen LogP contribution is -2.27. The molecule has 2 rings (SSSR count). The average molecular weight is 364 g/mol. The van der Waals surface area contributed by atoms with Crippen molar-refractivity contribution in [1.29, 1.82) is 0 Å². The molecule has 2 amide bonds. The molecule has 138 valence electrons. The van der Waals surface area contributed by atoms with Gasteiger partial charge >= 0.3 is 6.18 Å². The van der Waals surface area contributed by atoms with Gasteiger partial charge in [-0.1, -0.05) is 26.8 Å². The molecule has 26 heavy (non-hydrogen) atoms. The van der Waals surface area contributed by atoms with Crippen LogP contribution in [0.25, 0.3) is 0 Å². The lowest BCUT2D eigenvalue weighted by atomic mass is 9.95. The fourth-order valence-corrected chi connectivity index (χ4v) is 2.00. The molecule has 0 atom stereocenters. The number of rotatable bonds is 3. The predicted octanol–water partition coefficient (Wildman–Crippen LogP) is 4.94. The van der Waals surface area contributed by atoms with Gasteiger partial charge in [0.25, 0.3) is 5.91 Å². The molecule has 0 aromatic heterocycles. The van der Waals surface area contributed by atoms with Crippen molar-refractivity contribution < 1.29 is 22.8 Å². The summed E-state index contributed by atoms with van der Waals surface area (Å²) in [6.07, 6.45) is -4.48. The molecule has 0 saturated carbocycles. The summed E-state index contributed by atoms with van der Waals surface area (Å²) in [5.74, 6) is -0.711. The number of hydrogen-bond donors (Lipinski definition) is 2. The first-order valence-corrected chi connectivity index (χ1v) is 7.87. The number of benzene rings is 2. The number of halogens is 3. The topological polar surface area (TPSA) is 58.2 Å². The van der Waals surface area contributed by atoms with Crippen molar-refractivity contribution in [3.8, 4) is 0 Å². The minimum Gasteiger partial charge on any atom is -0.326 e. The quantitative estimate of drug-likeness (QED) is 0.810. The molecule has 2 aromatic rings. The first kappa shape index (κ1) is 19.5. The molecular formula is C19H19F3N2O2. The Kier molecular flexibility index (Phi) is 5.39. The summed E-state index contributed by atoms with van der Waals surface area (Å²) >= 11 is 0. The highest BCUT2D eigenvalue weighted by Crippen LogP contribution is 2.30. The summed E-state index contributed by atoms with van der Waals surface area (Å²) in [5, 5.41) is 5.16. The number of amides is 2. The lowest BCUT2D eigenvalue weighted by Gasteiger charge is -2.17. The van der Waals surface area contributed by atoms with Crippen LogP contribution in [-0.4, -0.2) is 11.8 Å². The third-order valence-electron chi connectivity index (χ3n) is 3.53. The first-order valence-electron chi connectivity index (χ1n) is 7.87. The standard InChI is InChI=1S/C19H19F3N2O2/c1-18(2,3)17(26)24-14-9-7-12(8-10-14)16(25)23-15-6-4-5-13(11-15)19(20,21)22/h4-11H,1-3H3,(H,23,25)(H,24,26). The van der Waals surface area contributed by atoms with Gasteiger partial charge in [-0.05, 0) is 42.5 Å². The number of anilines is 2. The van der Waals surface area contributed by atoms with Crippen LogP contribution in [0.3, 0.4) is 0 Å². The van der Waals surface area contributed by atoms with Crippen molar-refractivity contribution in [2.45, 2.75) is 26.9 Å². The van der Waals surface area contributed by atoms with E-state index in [1.165, 1.54) is 24.3 Å². The highest BCUT2D eigenvalue weighted by atomic mass is 19.4. The molecule has 0 aliphatic carbocycles. The third kappa shape index (κ3) is 5.08. The van der Waals surface area contributed by atoms with E-state index in [0.29, 0.717) is 5.69 Å². The van der Waals surface area contributed by atoms with Gasteiger partial charge in [-0.25, -0.2) is 0 Å². The Hall–Kier alpha value is -2.83. The Morgan fingerprint density at radius 3 is 2.00 bits per heavy atom. The van der Waals surface area contributed by atoms with Crippen LogP contribution in [0, 0.1) is 5.41 Å². The molecule has 0 heterocycles. The molecule has 0 aliphatic rings. The van der Waals surface area contributed by atoms with E-state index in [0.717, 1.165) is 12.1 Å². The number of alkyl halides is 3. The van der Waals surface area contributed by atoms with Crippen molar-refractivity contribution in [3.05, 3.63) is 59.7 Å². The van der Waals surface area contributed by atoms with Gasteiger partial charge in [0.05, 0.1) is 5.56 Å². The summed E-state index contributed by atoms with van der Waals surface area (Å²) in [7, 11) is 0. The smallest absolute Gasteiger partial charge is 0.326 e. The van der Waals surface area contributed by atoms with E-state index < -0.39 is 23.1 Å². The van der Waals surface area contributed by atoms with Gasteiger partial charge in [-0.2, -0.15) is 13.2 Å². The number of carbonyl (C=O) groups is 2. The largest absolute Gasteiger partial charge is 0.416 e. The van der Waals surface area contributed by atoms with E-state index in [1.54, 1.807) is 32.9 Å². The maximum atomic E-state index is 12.7. The van der Waals surface area contributed by atoms with Gasteiger partial charge in [0.2, 0.25) is 5.91 Å². The molecule has 0 unspecified atom stereocenters. The van der Waals surface area contributed by atoms with Gasteiger partial charge < -0.3 is 10.6 Å². The number of nitrogens with one attached hydrogen (secondary N) is 2. The maximum Gasteiger partial charge on any atom is 0.416 e. The zero-order chi connectivity index (χ0) is 19.5. The molecule has 4 nitrogen and oxygen atoms in total. The second kappa shape index (κ2) is 7.19. The van der Waals surface area contributed by atoms with Crippen LogP contribution < -0.4 is 10.6 Å². The summed E-state index contributed by atoms with van der Waals surface area (Å²) in [6.45, 7) is 5.33. The Morgan fingerprint density at radius 2 is 1.46 bits per heavy atom. The number of carbonyl (C=O) groups excluding carboxylic acids is 2. The normalized spacial score (nSPS) is 11.8. The molecule has 0 aliphatic heterocycles. The van der Waals surface area contributed by atoms with Crippen LogP contribution in [0.4, 0.5) is 24.5 Å². The van der Waals surface area contributed by atoms with Gasteiger partial charge in [-0.15, -0.1) is 0 Å². The van der Waals surface area contributed by atoms with Crippen LogP contribution in [0.15, 0.2) is 48.5 Å². The first-order chi connectivity index (χ1) is 12.0. The van der Waals surface area contributed by atoms with Crippen molar-refractivity contribution in [3.63, 3.8) is 0 Å². The highest BCUT2D eigenvalue weighted by molar-refractivity contribution is 6.04. The summed E-state index contributed by atoms with van der Waals surface area (Å²) in [5.41, 5.74) is -0.554. The molecule has 0 radical (unpaired) electrons. The van der Waals surface area contributed by atoms with Crippen LogP contribution in [0.2, 0.25) is 0 Å². The van der Waals surface area contributed by atoms with E-state index in [1.807, 2.05) is 0 Å². The molecule has 7 heteroatoms. The molecule has 2 aromatic carbocycles. The number of hydrogen-bond acceptors (Lipinski definition) is 2. The van der Waals surface area contributed by atoms with Gasteiger partial charge in [0.15, 0.2) is 0 Å². The van der Waals surface area contributed by atoms with E-state index >= 15 is 0 Å². The molecule has 0 bridgehead atoms. The van der Waals surface area contributed by atoms with Crippen LogP contribution in [0.1, 0.15) is 36.7 Å². The van der Waals surface area contributed by atoms with Crippen molar-refractivity contribution >= 4 is 23.2 Å². The maximum absolute atomic E-state index is 12.7. The summed E-state index contributed by atoms with van der Waals surface area (Å²) < 4.78 is 38.1. The summed E-state index contributed by atoms with van der Waals surface area (Å²) in [6, 6.07) is 10.5. The van der Waals surface area contributed by atoms with E-state index in [4.69, 9.17) is 0 Å². The molecule has 0 fully saturated rings. The Morgan fingerprint density at radius 1 is 0.846 bits per heavy atom. The van der Waals surface area contributed by atoms with E-state index in [2.05, 4.69) is 10.6 Å². The highest BCUT2D eigenvalue weighted by Gasteiger charge is 2.30. The zero-order valence-corrected chi connectivity index (χ0v) is 14.6. The van der Waals surface area contributed by atoms with Gasteiger partial charge in [-0.3, -0.25) is 9.59 Å². The fourth-order valence-electron chi connectivity index (χ4n) is 2.00. The molecule has 2 N–H and O–H groups in total.